The van der Waals surface area contributed by atoms with Gasteiger partial charge >= 0.3 is 12.0 Å². The lowest BCUT2D eigenvalue weighted by Crippen LogP contribution is -2.03. The van der Waals surface area contributed by atoms with Gasteiger partial charge in [-0.1, -0.05) is 19.8 Å². The van der Waals surface area contributed by atoms with Crippen LogP contribution < -0.4 is 4.74 Å². The molecule has 0 aliphatic heterocycles. The topological polar surface area (TPSA) is 72.3 Å². The number of carboxylic acid groups (broad SMARTS) is 1. The Bertz CT molecular complexity index is 311. The first-order chi connectivity index (χ1) is 7.24. The molecule has 1 aromatic rings. The quantitative estimate of drug-likeness (QED) is 0.724. The Labute approximate surface area is 88.1 Å². The number of aromatic carboxylic acids is 1. The van der Waals surface area contributed by atoms with E-state index in [2.05, 4.69) is 16.9 Å². The number of unbranched alkanes of at least 4 members (excludes halogenated alkanes) is 2. The monoisotopic (exact) mass is 210 g/mol. The van der Waals surface area contributed by atoms with E-state index in [-0.39, 0.29) is 11.6 Å². The maximum absolute atomic E-state index is 10.5. The minimum Gasteiger partial charge on any atom is -0.478 e. The zero-order valence-corrected chi connectivity index (χ0v) is 8.64. The molecule has 0 atom stereocenters. The molecule has 0 aliphatic carbocycles. The largest absolute Gasteiger partial charge is 0.478 e. The van der Waals surface area contributed by atoms with Gasteiger partial charge in [0.1, 0.15) is 0 Å². The predicted octanol–water partition coefficient (Wildman–Crippen LogP) is 1.74. The van der Waals surface area contributed by atoms with Crippen LogP contribution in [0, 0.1) is 0 Å². The predicted molar refractivity (Wildman–Crippen MR) is 54.0 cm³/mol. The Kier molecular flexibility index (Phi) is 4.53. The second-order valence-corrected chi connectivity index (χ2v) is 3.12. The SMILES string of the molecule is CCCCCOc1ncc(C(=O)O)cn1. The van der Waals surface area contributed by atoms with Crippen LogP contribution >= 0.6 is 0 Å². The van der Waals surface area contributed by atoms with E-state index in [4.69, 9.17) is 9.84 Å². The van der Waals surface area contributed by atoms with Crippen molar-refractivity contribution < 1.29 is 14.6 Å². The Balaban J connectivity index is 2.39. The van der Waals surface area contributed by atoms with Crippen LogP contribution in [0.3, 0.4) is 0 Å². The molecule has 0 aliphatic rings. The molecule has 1 heterocycles. The zero-order valence-electron chi connectivity index (χ0n) is 8.64. The average Bonchev–Trinajstić information content (AvgIpc) is 2.25. The number of rotatable bonds is 6. The molecule has 0 fully saturated rings. The van der Waals surface area contributed by atoms with Gasteiger partial charge in [0.2, 0.25) is 0 Å². The van der Waals surface area contributed by atoms with Crippen LogP contribution in [0.15, 0.2) is 12.4 Å². The molecule has 1 N–H and O–H groups in total. The summed E-state index contributed by atoms with van der Waals surface area (Å²) in [5, 5.41) is 8.60. The van der Waals surface area contributed by atoms with Crippen molar-refractivity contribution in [2.24, 2.45) is 0 Å². The van der Waals surface area contributed by atoms with E-state index in [1.807, 2.05) is 0 Å². The third kappa shape index (κ3) is 3.93. The molecule has 0 unspecified atom stereocenters. The van der Waals surface area contributed by atoms with E-state index < -0.39 is 5.97 Å². The summed E-state index contributed by atoms with van der Waals surface area (Å²) in [6.45, 7) is 2.68. The molecule has 0 saturated heterocycles. The molecule has 0 spiro atoms. The van der Waals surface area contributed by atoms with E-state index in [1.165, 1.54) is 12.4 Å². The van der Waals surface area contributed by atoms with Gasteiger partial charge in [0.25, 0.3) is 0 Å². The van der Waals surface area contributed by atoms with E-state index in [0.29, 0.717) is 6.61 Å². The highest BCUT2D eigenvalue weighted by atomic mass is 16.5. The number of hydrogen-bond acceptors (Lipinski definition) is 4. The van der Waals surface area contributed by atoms with Gasteiger partial charge in [-0.2, -0.15) is 0 Å². The summed E-state index contributed by atoms with van der Waals surface area (Å²) in [6.07, 6.45) is 5.67. The van der Waals surface area contributed by atoms with E-state index >= 15 is 0 Å². The molecule has 0 saturated carbocycles. The van der Waals surface area contributed by atoms with Crippen molar-refractivity contribution in [1.29, 1.82) is 0 Å². The minimum absolute atomic E-state index is 0.0657. The van der Waals surface area contributed by atoms with Crippen LogP contribution in [-0.4, -0.2) is 27.7 Å². The van der Waals surface area contributed by atoms with Gasteiger partial charge in [-0.15, -0.1) is 0 Å². The first-order valence-corrected chi connectivity index (χ1v) is 4.92. The molecule has 1 rings (SSSR count). The molecule has 1 aromatic heterocycles. The number of nitrogens with zero attached hydrogens (tertiary/aromatic N) is 2. The molecule has 5 nitrogen and oxygen atoms in total. The summed E-state index contributed by atoms with van der Waals surface area (Å²) in [5.74, 6) is -1.03. The van der Waals surface area contributed by atoms with Gasteiger partial charge in [-0.25, -0.2) is 14.8 Å². The Morgan fingerprint density at radius 3 is 2.60 bits per heavy atom. The fourth-order valence-electron chi connectivity index (χ4n) is 1.02. The highest BCUT2D eigenvalue weighted by Crippen LogP contribution is 2.03. The van der Waals surface area contributed by atoms with Crippen molar-refractivity contribution in [2.45, 2.75) is 26.2 Å². The average molecular weight is 210 g/mol. The van der Waals surface area contributed by atoms with Crippen molar-refractivity contribution in [3.8, 4) is 6.01 Å². The van der Waals surface area contributed by atoms with Crippen LogP contribution in [-0.2, 0) is 0 Å². The fourth-order valence-corrected chi connectivity index (χ4v) is 1.02. The molecule has 82 valence electrons. The fraction of sp³-hybridized carbons (Fsp3) is 0.500. The number of carbonyl (C=O) groups is 1. The number of carboxylic acids is 1. The van der Waals surface area contributed by atoms with Crippen molar-refractivity contribution in [2.75, 3.05) is 6.61 Å². The molecular weight excluding hydrogens is 196 g/mol. The van der Waals surface area contributed by atoms with Crippen molar-refractivity contribution in [1.82, 2.24) is 9.97 Å². The molecule has 0 aromatic carbocycles. The van der Waals surface area contributed by atoms with Crippen molar-refractivity contribution in [3.63, 3.8) is 0 Å². The summed E-state index contributed by atoms with van der Waals surface area (Å²) in [6, 6.07) is 0.233. The molecule has 0 amide bonds. The molecule has 5 heteroatoms. The second-order valence-electron chi connectivity index (χ2n) is 3.12. The van der Waals surface area contributed by atoms with Crippen molar-refractivity contribution in [3.05, 3.63) is 18.0 Å². The summed E-state index contributed by atoms with van der Waals surface area (Å²) in [4.78, 5) is 18.1. The van der Waals surface area contributed by atoms with Crippen LogP contribution in [0.1, 0.15) is 36.5 Å². The standard InChI is InChI=1S/C10H14N2O3/c1-2-3-4-5-15-10-11-6-8(7-12-10)9(13)14/h6-7H,2-5H2,1H3,(H,13,14). The Hall–Kier alpha value is -1.65. The lowest BCUT2D eigenvalue weighted by Gasteiger charge is -2.02. The van der Waals surface area contributed by atoms with Crippen LogP contribution in [0.5, 0.6) is 6.01 Å². The van der Waals surface area contributed by atoms with Gasteiger partial charge in [0.05, 0.1) is 12.2 Å². The summed E-state index contributed by atoms with van der Waals surface area (Å²) in [7, 11) is 0. The third-order valence-corrected chi connectivity index (χ3v) is 1.85. The lowest BCUT2D eigenvalue weighted by atomic mass is 10.3. The lowest BCUT2D eigenvalue weighted by molar-refractivity contribution is 0.0695. The van der Waals surface area contributed by atoms with Gasteiger partial charge in [0, 0.05) is 12.4 Å². The Morgan fingerprint density at radius 1 is 1.40 bits per heavy atom. The molecule has 0 radical (unpaired) electrons. The molecule has 15 heavy (non-hydrogen) atoms. The molecular formula is C10H14N2O3. The summed E-state index contributed by atoms with van der Waals surface area (Å²) in [5.41, 5.74) is 0.0657. The smallest absolute Gasteiger partial charge is 0.338 e. The minimum atomic E-state index is -1.03. The van der Waals surface area contributed by atoms with Gasteiger partial charge in [-0.3, -0.25) is 0 Å². The number of ether oxygens (including phenoxy) is 1. The maximum atomic E-state index is 10.5. The van der Waals surface area contributed by atoms with Gasteiger partial charge < -0.3 is 9.84 Å². The molecule has 0 bridgehead atoms. The van der Waals surface area contributed by atoms with Crippen LogP contribution in [0.25, 0.3) is 0 Å². The zero-order chi connectivity index (χ0) is 11.1. The first-order valence-electron chi connectivity index (χ1n) is 4.92. The third-order valence-electron chi connectivity index (χ3n) is 1.85. The van der Waals surface area contributed by atoms with E-state index in [1.54, 1.807) is 0 Å². The van der Waals surface area contributed by atoms with Crippen LogP contribution in [0.2, 0.25) is 0 Å². The van der Waals surface area contributed by atoms with Gasteiger partial charge in [-0.05, 0) is 6.42 Å². The van der Waals surface area contributed by atoms with Crippen molar-refractivity contribution >= 4 is 5.97 Å². The summed E-state index contributed by atoms with van der Waals surface area (Å²) >= 11 is 0. The normalized spacial score (nSPS) is 9.93. The number of aromatic nitrogens is 2. The maximum Gasteiger partial charge on any atom is 0.338 e. The first kappa shape index (κ1) is 11.4. The highest BCUT2D eigenvalue weighted by molar-refractivity contribution is 5.86. The van der Waals surface area contributed by atoms with E-state index in [9.17, 15) is 4.79 Å². The van der Waals surface area contributed by atoms with Crippen LogP contribution in [0.4, 0.5) is 0 Å². The Morgan fingerprint density at radius 2 is 2.07 bits per heavy atom. The van der Waals surface area contributed by atoms with E-state index in [0.717, 1.165) is 19.3 Å². The van der Waals surface area contributed by atoms with Gasteiger partial charge in [0.15, 0.2) is 0 Å². The highest BCUT2D eigenvalue weighted by Gasteiger charge is 2.04. The second kappa shape index (κ2) is 5.95. The number of hydrogen-bond donors (Lipinski definition) is 1. The summed E-state index contributed by atoms with van der Waals surface area (Å²) < 4.78 is 5.23.